The molecule has 1 atom stereocenters. The van der Waals surface area contributed by atoms with Crippen LogP contribution in [-0.4, -0.2) is 17.1 Å². The Hall–Kier alpha value is -1.56. The molecule has 2 N–H and O–H groups in total. The maximum Gasteiger partial charge on any atom is 0.416 e. The lowest BCUT2D eigenvalue weighted by Crippen LogP contribution is -2.40. The molecule has 0 unspecified atom stereocenters. The molecule has 0 spiro atoms. The molecule has 0 saturated heterocycles. The Morgan fingerprint density at radius 1 is 1.26 bits per heavy atom. The number of carboxylic acids is 1. The summed E-state index contributed by atoms with van der Waals surface area (Å²) in [5.74, 6) is -1.08. The molecule has 3 nitrogen and oxygen atoms in total. The predicted molar refractivity (Wildman–Crippen MR) is 64.5 cm³/mol. The number of benzene rings is 1. The molecule has 6 heteroatoms. The summed E-state index contributed by atoms with van der Waals surface area (Å²) in [5.41, 5.74) is -0.102. The number of hydrogen-bond acceptors (Lipinski definition) is 2. The van der Waals surface area contributed by atoms with Crippen LogP contribution in [0.4, 0.5) is 13.2 Å². The van der Waals surface area contributed by atoms with Crippen LogP contribution in [0.3, 0.4) is 0 Å². The van der Waals surface area contributed by atoms with Crippen molar-refractivity contribution in [2.45, 2.75) is 32.6 Å². The summed E-state index contributed by atoms with van der Waals surface area (Å²) in [5, 5.41) is 11.8. The first-order valence-corrected chi connectivity index (χ1v) is 5.84. The fourth-order valence-corrected chi connectivity index (χ4v) is 1.65. The highest BCUT2D eigenvalue weighted by molar-refractivity contribution is 5.73. The van der Waals surface area contributed by atoms with E-state index in [2.05, 4.69) is 5.32 Å². The number of aliphatic carboxylic acids is 1. The molecule has 0 fully saturated rings. The number of carbonyl (C=O) groups is 1. The number of alkyl halides is 3. The summed E-state index contributed by atoms with van der Waals surface area (Å²) in [6, 6.07) is 3.94. The molecule has 0 aromatic heterocycles. The van der Waals surface area contributed by atoms with Crippen molar-refractivity contribution < 1.29 is 23.1 Å². The van der Waals surface area contributed by atoms with Gasteiger partial charge in [0.25, 0.3) is 0 Å². The van der Waals surface area contributed by atoms with Crippen molar-refractivity contribution in [2.75, 3.05) is 0 Å². The van der Waals surface area contributed by atoms with E-state index in [0.29, 0.717) is 5.56 Å². The molecule has 0 aliphatic carbocycles. The third-order valence-corrected chi connectivity index (χ3v) is 2.74. The zero-order valence-electron chi connectivity index (χ0n) is 10.7. The van der Waals surface area contributed by atoms with Crippen molar-refractivity contribution in [1.29, 1.82) is 0 Å². The van der Waals surface area contributed by atoms with Crippen LogP contribution >= 0.6 is 0 Å². The van der Waals surface area contributed by atoms with E-state index in [1.54, 1.807) is 13.8 Å². The number of halogens is 3. The smallest absolute Gasteiger partial charge is 0.416 e. The molecular formula is C13H16F3NO2. The average Bonchev–Trinajstić information content (AvgIpc) is 2.27. The van der Waals surface area contributed by atoms with Gasteiger partial charge in [-0.1, -0.05) is 26.0 Å². The van der Waals surface area contributed by atoms with Gasteiger partial charge in [-0.2, -0.15) is 13.2 Å². The summed E-state index contributed by atoms with van der Waals surface area (Å²) in [7, 11) is 0. The number of hydrogen-bond donors (Lipinski definition) is 2. The van der Waals surface area contributed by atoms with Crippen LogP contribution < -0.4 is 5.32 Å². The first-order chi connectivity index (χ1) is 8.71. The molecule has 0 aliphatic heterocycles. The van der Waals surface area contributed by atoms with Crippen LogP contribution in [-0.2, 0) is 17.5 Å². The fourth-order valence-electron chi connectivity index (χ4n) is 1.65. The second kappa shape index (κ2) is 6.06. The van der Waals surface area contributed by atoms with Crippen LogP contribution in [0.2, 0.25) is 0 Å². The molecule has 0 saturated carbocycles. The van der Waals surface area contributed by atoms with Crippen molar-refractivity contribution in [3.63, 3.8) is 0 Å². The summed E-state index contributed by atoms with van der Waals surface area (Å²) < 4.78 is 37.1. The van der Waals surface area contributed by atoms with E-state index in [4.69, 9.17) is 5.11 Å². The van der Waals surface area contributed by atoms with Crippen LogP contribution in [0.15, 0.2) is 24.3 Å². The molecular weight excluding hydrogens is 259 g/mol. The van der Waals surface area contributed by atoms with E-state index in [9.17, 15) is 18.0 Å². The summed E-state index contributed by atoms with van der Waals surface area (Å²) in [4.78, 5) is 10.9. The average molecular weight is 275 g/mol. The lowest BCUT2D eigenvalue weighted by atomic mass is 10.0. The largest absolute Gasteiger partial charge is 0.480 e. The summed E-state index contributed by atoms with van der Waals surface area (Å²) >= 11 is 0. The van der Waals surface area contributed by atoms with Gasteiger partial charge in [0.1, 0.15) is 6.04 Å². The zero-order chi connectivity index (χ0) is 14.6. The van der Waals surface area contributed by atoms with Gasteiger partial charge in [0, 0.05) is 6.54 Å². The van der Waals surface area contributed by atoms with E-state index in [0.717, 1.165) is 12.1 Å². The normalized spacial score (nSPS) is 13.6. The zero-order valence-corrected chi connectivity index (χ0v) is 10.7. The lowest BCUT2D eigenvalue weighted by molar-refractivity contribution is -0.140. The number of rotatable bonds is 5. The van der Waals surface area contributed by atoms with Gasteiger partial charge in [-0.3, -0.25) is 4.79 Å². The second-order valence-corrected chi connectivity index (χ2v) is 4.64. The highest BCUT2D eigenvalue weighted by Gasteiger charge is 2.30. The second-order valence-electron chi connectivity index (χ2n) is 4.64. The minimum absolute atomic E-state index is 0.105. The van der Waals surface area contributed by atoms with Crippen LogP contribution in [0.5, 0.6) is 0 Å². The summed E-state index contributed by atoms with van der Waals surface area (Å²) in [6.07, 6.45) is -4.35. The van der Waals surface area contributed by atoms with Crippen LogP contribution in [0, 0.1) is 5.92 Å². The van der Waals surface area contributed by atoms with Crippen molar-refractivity contribution in [3.05, 3.63) is 35.4 Å². The molecule has 0 heterocycles. The van der Waals surface area contributed by atoms with Gasteiger partial charge in [-0.15, -0.1) is 0 Å². The Bertz CT molecular complexity index is 427. The highest BCUT2D eigenvalue weighted by Crippen LogP contribution is 2.29. The van der Waals surface area contributed by atoms with Crippen molar-refractivity contribution in [2.24, 2.45) is 5.92 Å². The molecule has 0 bridgehead atoms. The Labute approximate surface area is 109 Å². The molecule has 0 radical (unpaired) electrons. The predicted octanol–water partition coefficient (Wildman–Crippen LogP) is 2.90. The third kappa shape index (κ3) is 4.55. The summed E-state index contributed by atoms with van der Waals surface area (Å²) in [6.45, 7) is 3.74. The Morgan fingerprint density at radius 3 is 2.16 bits per heavy atom. The van der Waals surface area contributed by atoms with E-state index < -0.39 is 23.8 Å². The van der Waals surface area contributed by atoms with Gasteiger partial charge >= 0.3 is 12.1 Å². The van der Waals surface area contributed by atoms with Gasteiger partial charge in [-0.25, -0.2) is 0 Å². The van der Waals surface area contributed by atoms with Crippen molar-refractivity contribution in [3.8, 4) is 0 Å². The molecule has 1 aromatic rings. The quantitative estimate of drug-likeness (QED) is 0.868. The Balaban J connectivity index is 2.66. The maximum absolute atomic E-state index is 12.4. The van der Waals surface area contributed by atoms with Crippen LogP contribution in [0.1, 0.15) is 25.0 Å². The lowest BCUT2D eigenvalue weighted by Gasteiger charge is -2.18. The molecule has 0 amide bonds. The standard InChI is InChI=1S/C13H16F3NO2/c1-8(2)11(12(18)19)17-7-9-3-5-10(6-4-9)13(14,15)16/h3-6,8,11,17H,7H2,1-2H3,(H,18,19)/t11-/m0/s1. The maximum atomic E-state index is 12.4. The van der Waals surface area contributed by atoms with Gasteiger partial charge in [0.2, 0.25) is 0 Å². The molecule has 19 heavy (non-hydrogen) atoms. The van der Waals surface area contributed by atoms with Crippen LogP contribution in [0.25, 0.3) is 0 Å². The van der Waals surface area contributed by atoms with Gasteiger partial charge in [0.05, 0.1) is 5.56 Å². The fraction of sp³-hybridized carbons (Fsp3) is 0.462. The minimum Gasteiger partial charge on any atom is -0.480 e. The van der Waals surface area contributed by atoms with E-state index >= 15 is 0 Å². The third-order valence-electron chi connectivity index (χ3n) is 2.74. The molecule has 1 rings (SSSR count). The molecule has 0 aliphatic rings. The molecule has 106 valence electrons. The number of nitrogens with one attached hydrogen (secondary N) is 1. The van der Waals surface area contributed by atoms with Gasteiger partial charge in [-0.05, 0) is 23.6 Å². The van der Waals surface area contributed by atoms with Crippen molar-refractivity contribution >= 4 is 5.97 Å². The number of carboxylic acid groups (broad SMARTS) is 1. The van der Waals surface area contributed by atoms with E-state index in [1.807, 2.05) is 0 Å². The van der Waals surface area contributed by atoms with E-state index in [1.165, 1.54) is 12.1 Å². The van der Waals surface area contributed by atoms with Gasteiger partial charge < -0.3 is 10.4 Å². The highest BCUT2D eigenvalue weighted by atomic mass is 19.4. The van der Waals surface area contributed by atoms with Crippen molar-refractivity contribution in [1.82, 2.24) is 5.32 Å². The first-order valence-electron chi connectivity index (χ1n) is 5.84. The molecule has 1 aromatic carbocycles. The Kier molecular flexibility index (Phi) is 4.94. The SMILES string of the molecule is CC(C)[C@H](NCc1ccc(C(F)(F)F)cc1)C(=O)O. The van der Waals surface area contributed by atoms with Gasteiger partial charge in [0.15, 0.2) is 0 Å². The minimum atomic E-state index is -4.35. The monoisotopic (exact) mass is 275 g/mol. The van der Waals surface area contributed by atoms with E-state index in [-0.39, 0.29) is 12.5 Å². The Morgan fingerprint density at radius 2 is 1.79 bits per heavy atom. The first kappa shape index (κ1) is 15.5. The topological polar surface area (TPSA) is 49.3 Å².